The van der Waals surface area contributed by atoms with E-state index in [4.69, 9.17) is 0 Å². The number of aromatic nitrogens is 2. The van der Waals surface area contributed by atoms with Crippen molar-refractivity contribution in [2.45, 2.75) is 44.2 Å². The van der Waals surface area contributed by atoms with Gasteiger partial charge >= 0.3 is 6.18 Å². The van der Waals surface area contributed by atoms with E-state index in [1.165, 1.54) is 30.7 Å². The molecule has 1 saturated carbocycles. The summed E-state index contributed by atoms with van der Waals surface area (Å²) in [5.41, 5.74) is 0.939. The van der Waals surface area contributed by atoms with Gasteiger partial charge in [-0.3, -0.25) is 10.1 Å². The topological polar surface area (TPSA) is 93.0 Å². The lowest BCUT2D eigenvalue weighted by atomic mass is 9.84. The quantitative estimate of drug-likeness (QED) is 0.308. The number of rotatable bonds is 6. The van der Waals surface area contributed by atoms with Crippen molar-refractivity contribution in [3.63, 3.8) is 0 Å². The number of hydrogen-bond donors (Lipinski definition) is 2. The molecule has 33 heavy (non-hydrogen) atoms. The van der Waals surface area contributed by atoms with E-state index in [2.05, 4.69) is 20.6 Å². The lowest BCUT2D eigenvalue weighted by molar-refractivity contribution is -0.384. The van der Waals surface area contributed by atoms with E-state index < -0.39 is 16.7 Å². The third-order valence-corrected chi connectivity index (χ3v) is 5.65. The van der Waals surface area contributed by atoms with E-state index in [9.17, 15) is 23.3 Å². The number of benzene rings is 2. The summed E-state index contributed by atoms with van der Waals surface area (Å²) in [6.45, 7) is 0. The summed E-state index contributed by atoms with van der Waals surface area (Å²) >= 11 is 0. The zero-order valence-corrected chi connectivity index (χ0v) is 17.6. The third-order valence-electron chi connectivity index (χ3n) is 5.65. The first-order valence-electron chi connectivity index (χ1n) is 10.6. The van der Waals surface area contributed by atoms with Gasteiger partial charge in [0.25, 0.3) is 5.69 Å². The van der Waals surface area contributed by atoms with Gasteiger partial charge in [-0.2, -0.15) is 18.2 Å². The number of nitrogens with one attached hydrogen (secondary N) is 2. The van der Waals surface area contributed by atoms with Crippen molar-refractivity contribution in [2.75, 3.05) is 10.6 Å². The predicted octanol–water partition coefficient (Wildman–Crippen LogP) is 6.94. The molecule has 1 aliphatic rings. The van der Waals surface area contributed by atoms with Crippen LogP contribution >= 0.6 is 0 Å². The van der Waals surface area contributed by atoms with Crippen LogP contribution < -0.4 is 10.6 Å². The van der Waals surface area contributed by atoms with Crippen LogP contribution in [0.3, 0.4) is 0 Å². The highest BCUT2D eigenvalue weighted by Gasteiger charge is 2.35. The van der Waals surface area contributed by atoms with Gasteiger partial charge in [-0.05, 0) is 48.6 Å². The van der Waals surface area contributed by atoms with Crippen molar-refractivity contribution in [1.82, 2.24) is 9.97 Å². The van der Waals surface area contributed by atoms with Crippen LogP contribution in [0.25, 0.3) is 0 Å². The van der Waals surface area contributed by atoms with E-state index in [1.54, 1.807) is 6.07 Å². The molecule has 2 aromatic carbocycles. The Kier molecular flexibility index (Phi) is 6.43. The van der Waals surface area contributed by atoms with E-state index >= 15 is 0 Å². The van der Waals surface area contributed by atoms with Gasteiger partial charge in [-0.15, -0.1) is 0 Å². The number of hydrogen-bond acceptors (Lipinski definition) is 6. The third kappa shape index (κ3) is 5.57. The molecule has 7 nitrogen and oxygen atoms in total. The number of nitrogens with zero attached hydrogens (tertiary/aromatic N) is 3. The number of anilines is 4. The SMILES string of the molecule is O=[N+]([O-])c1ccc(Nc2ncc(C(F)(F)F)c(Nc3cccc(C4CCCCC4)c3)n2)cc1. The molecule has 1 aliphatic carbocycles. The van der Waals surface area contributed by atoms with E-state index in [0.29, 0.717) is 23.5 Å². The number of nitro benzene ring substituents is 1. The fraction of sp³-hybridized carbons (Fsp3) is 0.304. The summed E-state index contributed by atoms with van der Waals surface area (Å²) in [5, 5.41) is 16.4. The van der Waals surface area contributed by atoms with Gasteiger partial charge in [0, 0.05) is 29.7 Å². The minimum atomic E-state index is -4.64. The second-order valence-corrected chi connectivity index (χ2v) is 7.97. The molecular formula is C23H22F3N5O2. The first-order chi connectivity index (χ1) is 15.8. The van der Waals surface area contributed by atoms with Crippen molar-refractivity contribution in [1.29, 1.82) is 0 Å². The van der Waals surface area contributed by atoms with Crippen molar-refractivity contribution in [2.24, 2.45) is 0 Å². The average molecular weight is 457 g/mol. The molecule has 4 rings (SSSR count). The highest BCUT2D eigenvalue weighted by Crippen LogP contribution is 2.37. The van der Waals surface area contributed by atoms with Crippen molar-refractivity contribution >= 4 is 28.8 Å². The summed E-state index contributed by atoms with van der Waals surface area (Å²) in [6, 6.07) is 12.8. The summed E-state index contributed by atoms with van der Waals surface area (Å²) < 4.78 is 40.8. The van der Waals surface area contributed by atoms with Crippen LogP contribution in [-0.4, -0.2) is 14.9 Å². The Morgan fingerprint density at radius 1 is 0.970 bits per heavy atom. The monoisotopic (exact) mass is 457 g/mol. The lowest BCUT2D eigenvalue weighted by Gasteiger charge is -2.22. The first kappa shape index (κ1) is 22.5. The molecule has 0 spiro atoms. The highest BCUT2D eigenvalue weighted by atomic mass is 19.4. The standard InChI is InChI=1S/C23H22F3N5O2/c24-23(25,26)20-14-27-22(29-17-9-11-19(12-10-17)31(32)33)30-21(20)28-18-8-4-7-16(13-18)15-5-2-1-3-6-15/h4,7-15H,1-3,5-6H2,(H2,27,28,29,30). The minimum Gasteiger partial charge on any atom is -0.340 e. The van der Waals surface area contributed by atoms with E-state index in [-0.39, 0.29) is 17.5 Å². The predicted molar refractivity (Wildman–Crippen MR) is 119 cm³/mol. The zero-order valence-electron chi connectivity index (χ0n) is 17.6. The molecule has 0 radical (unpaired) electrons. The molecule has 1 aromatic heterocycles. The van der Waals surface area contributed by atoms with Crippen molar-refractivity contribution in [3.05, 3.63) is 76.0 Å². The van der Waals surface area contributed by atoms with Gasteiger partial charge in [0.2, 0.25) is 5.95 Å². The summed E-state index contributed by atoms with van der Waals surface area (Å²) in [6.07, 6.45) is 1.76. The largest absolute Gasteiger partial charge is 0.421 e. The number of nitro groups is 1. The maximum absolute atomic E-state index is 13.6. The lowest BCUT2D eigenvalue weighted by Crippen LogP contribution is -2.13. The van der Waals surface area contributed by atoms with Crippen LogP contribution in [0.4, 0.5) is 42.0 Å². The Bertz CT molecular complexity index is 1130. The fourth-order valence-electron chi connectivity index (χ4n) is 3.98. The molecule has 1 heterocycles. The fourth-order valence-corrected chi connectivity index (χ4v) is 3.98. The molecule has 172 valence electrons. The maximum Gasteiger partial charge on any atom is 0.421 e. The molecule has 2 N–H and O–H groups in total. The van der Waals surface area contributed by atoms with Gasteiger partial charge < -0.3 is 10.6 Å². The number of alkyl halides is 3. The van der Waals surface area contributed by atoms with E-state index in [1.807, 2.05) is 18.2 Å². The summed E-state index contributed by atoms with van der Waals surface area (Å²) in [4.78, 5) is 18.1. The van der Waals surface area contributed by atoms with Crippen LogP contribution in [0.1, 0.15) is 49.1 Å². The molecule has 1 fully saturated rings. The normalized spacial score (nSPS) is 14.6. The van der Waals surface area contributed by atoms with Gasteiger partial charge in [-0.25, -0.2) is 4.98 Å². The first-order valence-corrected chi connectivity index (χ1v) is 10.6. The van der Waals surface area contributed by atoms with Crippen LogP contribution in [0, 0.1) is 10.1 Å². The summed E-state index contributed by atoms with van der Waals surface area (Å²) in [7, 11) is 0. The van der Waals surface area contributed by atoms with Crippen LogP contribution in [-0.2, 0) is 6.18 Å². The maximum atomic E-state index is 13.6. The second kappa shape index (κ2) is 9.43. The summed E-state index contributed by atoms with van der Waals surface area (Å²) in [5.74, 6) is -0.0298. The van der Waals surface area contributed by atoms with Crippen LogP contribution in [0.5, 0.6) is 0 Å². The van der Waals surface area contributed by atoms with Gasteiger partial charge in [-0.1, -0.05) is 31.4 Å². The molecule has 3 aromatic rings. The Hall–Kier alpha value is -3.69. The molecular weight excluding hydrogens is 435 g/mol. The molecule has 0 bridgehead atoms. The Labute approximate surface area is 188 Å². The van der Waals surface area contributed by atoms with Crippen molar-refractivity contribution in [3.8, 4) is 0 Å². The Morgan fingerprint density at radius 3 is 2.36 bits per heavy atom. The van der Waals surface area contributed by atoms with E-state index in [0.717, 1.165) is 31.2 Å². The van der Waals surface area contributed by atoms with Crippen molar-refractivity contribution < 1.29 is 18.1 Å². The number of non-ortho nitro benzene ring substituents is 1. The Morgan fingerprint density at radius 2 is 1.70 bits per heavy atom. The smallest absolute Gasteiger partial charge is 0.340 e. The van der Waals surface area contributed by atoms with Gasteiger partial charge in [0.05, 0.1) is 4.92 Å². The zero-order chi connectivity index (χ0) is 23.4. The van der Waals surface area contributed by atoms with Gasteiger partial charge in [0.15, 0.2) is 0 Å². The molecule has 0 amide bonds. The highest BCUT2D eigenvalue weighted by molar-refractivity contribution is 5.64. The minimum absolute atomic E-state index is 0.0669. The molecule has 10 heteroatoms. The Balaban J connectivity index is 1.60. The molecule has 0 unspecified atom stereocenters. The van der Waals surface area contributed by atoms with Crippen LogP contribution in [0.15, 0.2) is 54.7 Å². The van der Waals surface area contributed by atoms with Crippen LogP contribution in [0.2, 0.25) is 0 Å². The second-order valence-electron chi connectivity index (χ2n) is 7.97. The molecule has 0 aliphatic heterocycles. The van der Waals surface area contributed by atoms with Gasteiger partial charge in [0.1, 0.15) is 11.4 Å². The average Bonchev–Trinajstić information content (AvgIpc) is 2.79. The molecule has 0 atom stereocenters. The number of halogens is 3. The molecule has 0 saturated heterocycles.